The summed E-state index contributed by atoms with van der Waals surface area (Å²) in [6.07, 6.45) is 0. The number of nitrogens with zero attached hydrogens (tertiary/aromatic N) is 2. The fourth-order valence-electron chi connectivity index (χ4n) is 3.08. The van der Waals surface area contributed by atoms with Crippen LogP contribution in [0.15, 0.2) is 48.5 Å². The van der Waals surface area contributed by atoms with Crippen molar-refractivity contribution in [2.24, 2.45) is 0 Å². The number of hydroxylamine groups is 2. The van der Waals surface area contributed by atoms with Gasteiger partial charge in [-0.1, -0.05) is 17.2 Å². The minimum Gasteiger partial charge on any atom is -0.378 e. The summed E-state index contributed by atoms with van der Waals surface area (Å²) in [5.41, 5.74) is 0.924. The van der Waals surface area contributed by atoms with Gasteiger partial charge in [0, 0.05) is 18.7 Å². The first-order chi connectivity index (χ1) is 13.6. The number of hydrogen-bond acceptors (Lipinski definition) is 6. The maximum atomic E-state index is 12.4. The van der Waals surface area contributed by atoms with Crippen molar-refractivity contribution in [1.29, 1.82) is 0 Å². The third kappa shape index (κ3) is 3.14. The van der Waals surface area contributed by atoms with Crippen molar-refractivity contribution in [3.8, 4) is 0 Å². The zero-order chi connectivity index (χ0) is 19.7. The monoisotopic (exact) mass is 380 g/mol. The highest BCUT2D eigenvalue weighted by Gasteiger charge is 2.38. The Bertz CT molecular complexity index is 928. The molecule has 8 heteroatoms. The Morgan fingerprint density at radius 2 is 1.36 bits per heavy atom. The molecule has 0 atom stereocenters. The number of rotatable bonds is 3. The zero-order valence-corrected chi connectivity index (χ0v) is 14.8. The molecule has 1 saturated heterocycles. The van der Waals surface area contributed by atoms with Crippen molar-refractivity contribution < 1.29 is 28.8 Å². The van der Waals surface area contributed by atoms with Gasteiger partial charge < -0.3 is 14.5 Å². The molecule has 28 heavy (non-hydrogen) atoms. The summed E-state index contributed by atoms with van der Waals surface area (Å²) >= 11 is 0. The van der Waals surface area contributed by atoms with Crippen LogP contribution in [0, 0.1) is 0 Å². The summed E-state index contributed by atoms with van der Waals surface area (Å²) in [4.78, 5) is 56.0. The van der Waals surface area contributed by atoms with Crippen molar-refractivity contribution in [1.82, 2.24) is 9.96 Å². The van der Waals surface area contributed by atoms with E-state index in [0.29, 0.717) is 36.9 Å². The normalized spacial score (nSPS) is 16.1. The maximum absolute atomic E-state index is 12.4. The summed E-state index contributed by atoms with van der Waals surface area (Å²) in [7, 11) is 0. The topological polar surface area (TPSA) is 93.2 Å². The first kappa shape index (κ1) is 17.9. The lowest BCUT2D eigenvalue weighted by atomic mass is 10.1. The van der Waals surface area contributed by atoms with E-state index < -0.39 is 17.8 Å². The van der Waals surface area contributed by atoms with Crippen LogP contribution in [0.3, 0.4) is 0 Å². The quantitative estimate of drug-likeness (QED) is 0.750. The smallest absolute Gasteiger partial charge is 0.363 e. The van der Waals surface area contributed by atoms with E-state index in [-0.39, 0.29) is 22.6 Å². The number of imide groups is 1. The molecule has 142 valence electrons. The van der Waals surface area contributed by atoms with Gasteiger partial charge in [-0.2, -0.15) is 0 Å². The summed E-state index contributed by atoms with van der Waals surface area (Å²) in [6, 6.07) is 12.1. The molecule has 2 aromatic carbocycles. The van der Waals surface area contributed by atoms with Gasteiger partial charge in [-0.05, 0) is 36.4 Å². The van der Waals surface area contributed by atoms with Gasteiger partial charge in [-0.15, -0.1) is 0 Å². The summed E-state index contributed by atoms with van der Waals surface area (Å²) < 4.78 is 5.23. The SMILES string of the molecule is O=C(ON1C(=O)c2ccccc2C1=O)c1ccc(C(=O)N2CCOCC2)cc1. The van der Waals surface area contributed by atoms with Crippen molar-refractivity contribution in [3.05, 3.63) is 70.8 Å². The lowest BCUT2D eigenvalue weighted by molar-refractivity contribution is -0.0584. The standard InChI is InChI=1S/C20H16N2O6/c23-17(21-9-11-27-12-10-21)13-5-7-14(8-6-13)20(26)28-22-18(24)15-3-1-2-4-16(15)19(22)25/h1-8H,9-12H2. The number of morpholine rings is 1. The first-order valence-corrected chi connectivity index (χ1v) is 8.73. The molecule has 0 spiro atoms. The van der Waals surface area contributed by atoms with Crippen molar-refractivity contribution in [2.45, 2.75) is 0 Å². The number of ether oxygens (including phenoxy) is 1. The summed E-state index contributed by atoms with van der Waals surface area (Å²) in [6.45, 7) is 2.03. The highest BCUT2D eigenvalue weighted by Crippen LogP contribution is 2.23. The van der Waals surface area contributed by atoms with E-state index in [2.05, 4.69) is 0 Å². The highest BCUT2D eigenvalue weighted by atomic mass is 16.7. The van der Waals surface area contributed by atoms with Crippen LogP contribution in [-0.4, -0.2) is 60.0 Å². The van der Waals surface area contributed by atoms with Crippen LogP contribution in [0.1, 0.15) is 41.4 Å². The molecule has 0 N–H and O–H groups in total. The second-order valence-electron chi connectivity index (χ2n) is 6.31. The van der Waals surface area contributed by atoms with Gasteiger partial charge in [0.2, 0.25) is 0 Å². The van der Waals surface area contributed by atoms with Crippen LogP contribution < -0.4 is 0 Å². The number of fused-ring (bicyclic) bond motifs is 1. The van der Waals surface area contributed by atoms with Crippen LogP contribution in [0.5, 0.6) is 0 Å². The Morgan fingerprint density at radius 1 is 0.821 bits per heavy atom. The Hall–Kier alpha value is -3.52. The summed E-state index contributed by atoms with van der Waals surface area (Å²) in [5, 5.41) is 0.458. The Morgan fingerprint density at radius 3 is 1.93 bits per heavy atom. The predicted molar refractivity (Wildman–Crippen MR) is 95.5 cm³/mol. The van der Waals surface area contributed by atoms with E-state index in [4.69, 9.17) is 9.57 Å². The molecule has 2 aliphatic heterocycles. The van der Waals surface area contributed by atoms with E-state index in [9.17, 15) is 19.2 Å². The van der Waals surface area contributed by atoms with E-state index in [1.807, 2.05) is 0 Å². The third-order valence-corrected chi connectivity index (χ3v) is 4.60. The van der Waals surface area contributed by atoms with Crippen LogP contribution >= 0.6 is 0 Å². The molecule has 0 radical (unpaired) electrons. The Balaban J connectivity index is 1.45. The van der Waals surface area contributed by atoms with Crippen molar-refractivity contribution >= 4 is 23.7 Å². The van der Waals surface area contributed by atoms with Gasteiger partial charge in [-0.3, -0.25) is 14.4 Å². The Labute approximate surface area is 160 Å². The molecule has 1 fully saturated rings. The number of hydrogen-bond donors (Lipinski definition) is 0. The lowest BCUT2D eigenvalue weighted by Crippen LogP contribution is -2.40. The second kappa shape index (κ2) is 7.24. The minimum atomic E-state index is -0.861. The number of benzene rings is 2. The second-order valence-corrected chi connectivity index (χ2v) is 6.31. The van der Waals surface area contributed by atoms with Gasteiger partial charge in [0.25, 0.3) is 17.7 Å². The molecule has 0 aliphatic carbocycles. The van der Waals surface area contributed by atoms with Gasteiger partial charge in [0.05, 0.1) is 29.9 Å². The molecule has 0 aromatic heterocycles. The molecule has 0 saturated carbocycles. The maximum Gasteiger partial charge on any atom is 0.363 e. The van der Waals surface area contributed by atoms with Crippen LogP contribution in [0.4, 0.5) is 0 Å². The number of amides is 3. The fraction of sp³-hybridized carbons (Fsp3) is 0.200. The summed E-state index contributed by atoms with van der Waals surface area (Å²) in [5.74, 6) is -2.38. The van der Waals surface area contributed by atoms with Crippen molar-refractivity contribution in [3.63, 3.8) is 0 Å². The molecule has 2 aromatic rings. The zero-order valence-electron chi connectivity index (χ0n) is 14.8. The Kier molecular flexibility index (Phi) is 4.62. The molecule has 8 nitrogen and oxygen atoms in total. The molecule has 0 bridgehead atoms. The molecule has 0 unspecified atom stereocenters. The van der Waals surface area contributed by atoms with Gasteiger partial charge in [-0.25, -0.2) is 4.79 Å². The average Bonchev–Trinajstić information content (AvgIpc) is 2.99. The van der Waals surface area contributed by atoms with Gasteiger partial charge in [0.15, 0.2) is 0 Å². The van der Waals surface area contributed by atoms with E-state index in [1.165, 1.54) is 36.4 Å². The third-order valence-electron chi connectivity index (χ3n) is 4.60. The largest absolute Gasteiger partial charge is 0.378 e. The minimum absolute atomic E-state index is 0.120. The molecular formula is C20H16N2O6. The molecule has 4 rings (SSSR count). The van der Waals surface area contributed by atoms with Crippen molar-refractivity contribution in [2.75, 3.05) is 26.3 Å². The first-order valence-electron chi connectivity index (χ1n) is 8.73. The van der Waals surface area contributed by atoms with Crippen LogP contribution in [0.2, 0.25) is 0 Å². The lowest BCUT2D eigenvalue weighted by Gasteiger charge is -2.26. The van der Waals surface area contributed by atoms with Crippen LogP contribution in [0.25, 0.3) is 0 Å². The highest BCUT2D eigenvalue weighted by molar-refractivity contribution is 6.21. The van der Waals surface area contributed by atoms with E-state index >= 15 is 0 Å². The molecular weight excluding hydrogens is 364 g/mol. The number of carbonyl (C=O) groups excluding carboxylic acids is 4. The van der Waals surface area contributed by atoms with Gasteiger partial charge in [0.1, 0.15) is 0 Å². The van der Waals surface area contributed by atoms with E-state index in [1.54, 1.807) is 17.0 Å². The molecule has 2 aliphatic rings. The van der Waals surface area contributed by atoms with Crippen LogP contribution in [-0.2, 0) is 9.57 Å². The predicted octanol–water partition coefficient (Wildman–Crippen LogP) is 1.53. The average molecular weight is 380 g/mol. The van der Waals surface area contributed by atoms with E-state index in [0.717, 1.165) is 0 Å². The molecule has 2 heterocycles. The van der Waals surface area contributed by atoms with Gasteiger partial charge >= 0.3 is 5.97 Å². The fourth-order valence-corrected chi connectivity index (χ4v) is 3.08. The molecule has 3 amide bonds. The number of carbonyl (C=O) groups is 4.